The summed E-state index contributed by atoms with van der Waals surface area (Å²) in [5.41, 5.74) is 4.08. The van der Waals surface area contributed by atoms with Gasteiger partial charge >= 0.3 is 0 Å². The second-order valence-corrected chi connectivity index (χ2v) is 8.33. The molecule has 0 saturated carbocycles. The Labute approximate surface area is 203 Å². The predicted molar refractivity (Wildman–Crippen MR) is 134 cm³/mol. The average Bonchev–Trinajstić information content (AvgIpc) is 2.83. The molecule has 162 valence electrons. The minimum Gasteiger partial charge on any atom is -0.488 e. The Hall–Kier alpha value is -3.77. The lowest BCUT2D eigenvalue weighted by Gasteiger charge is -2.10. The zero-order valence-electron chi connectivity index (χ0n) is 17.3. The fraction of sp³-hybridized carbons (Fsp3) is 0.0385. The Morgan fingerprint density at radius 2 is 1.88 bits per heavy atom. The highest BCUT2D eigenvalue weighted by molar-refractivity contribution is 14.1. The third-order valence-corrected chi connectivity index (χ3v) is 5.73. The van der Waals surface area contributed by atoms with Crippen LogP contribution >= 0.6 is 22.6 Å². The fourth-order valence-corrected chi connectivity index (χ4v) is 3.89. The molecule has 1 N–H and O–H groups in total. The topological polar surface area (TPSA) is 74.5 Å². The fourth-order valence-electron chi connectivity index (χ4n) is 3.20. The van der Waals surface area contributed by atoms with Gasteiger partial charge in [-0.2, -0.15) is 10.4 Å². The van der Waals surface area contributed by atoms with Crippen molar-refractivity contribution >= 4 is 45.5 Å². The van der Waals surface area contributed by atoms with Gasteiger partial charge < -0.3 is 4.74 Å². The zero-order chi connectivity index (χ0) is 23.2. The van der Waals surface area contributed by atoms with Crippen molar-refractivity contribution in [1.82, 2.24) is 5.43 Å². The normalized spacial score (nSPS) is 10.8. The summed E-state index contributed by atoms with van der Waals surface area (Å²) in [5.74, 6) is -0.730. The van der Waals surface area contributed by atoms with E-state index in [0.717, 1.165) is 26.5 Å². The summed E-state index contributed by atoms with van der Waals surface area (Å²) in [4.78, 5) is 12.1. The first kappa shape index (κ1) is 22.4. The first-order valence-electron chi connectivity index (χ1n) is 9.96. The second kappa shape index (κ2) is 10.2. The van der Waals surface area contributed by atoms with Crippen LogP contribution in [0.3, 0.4) is 0 Å². The molecule has 4 aromatic rings. The minimum absolute atomic E-state index is 0.144. The van der Waals surface area contributed by atoms with Crippen molar-refractivity contribution in [2.45, 2.75) is 6.61 Å². The second-order valence-electron chi connectivity index (χ2n) is 7.17. The van der Waals surface area contributed by atoms with Crippen LogP contribution in [-0.4, -0.2) is 12.1 Å². The van der Waals surface area contributed by atoms with Crippen LogP contribution in [0.2, 0.25) is 0 Å². The monoisotopic (exact) mass is 549 g/mol. The van der Waals surface area contributed by atoms with Crippen molar-refractivity contribution in [3.63, 3.8) is 0 Å². The van der Waals surface area contributed by atoms with Crippen LogP contribution in [0.15, 0.2) is 84.0 Å². The Kier molecular flexibility index (Phi) is 6.95. The number of carbonyl (C=O) groups excluding carboxylic acids is 1. The first-order valence-corrected chi connectivity index (χ1v) is 11.0. The molecule has 0 atom stereocenters. The number of nitriles is 1. The Balaban J connectivity index is 1.37. The van der Waals surface area contributed by atoms with Gasteiger partial charge in [0.1, 0.15) is 18.2 Å². The van der Waals surface area contributed by atoms with Gasteiger partial charge in [0, 0.05) is 0 Å². The van der Waals surface area contributed by atoms with Gasteiger partial charge in [0.15, 0.2) is 0 Å². The Bertz CT molecular complexity index is 1410. The number of amides is 1. The van der Waals surface area contributed by atoms with Crippen LogP contribution in [0.5, 0.6) is 5.75 Å². The highest BCUT2D eigenvalue weighted by Gasteiger charge is 2.11. The van der Waals surface area contributed by atoms with Crippen molar-refractivity contribution in [3.8, 4) is 11.8 Å². The maximum Gasteiger partial charge on any atom is 0.274 e. The highest BCUT2D eigenvalue weighted by Crippen LogP contribution is 2.23. The van der Waals surface area contributed by atoms with Crippen LogP contribution < -0.4 is 10.2 Å². The number of hydrogen-bond acceptors (Lipinski definition) is 4. The number of ether oxygens (including phenoxy) is 1. The summed E-state index contributed by atoms with van der Waals surface area (Å²) in [6.45, 7) is 0.445. The molecule has 0 aliphatic carbocycles. The quantitative estimate of drug-likeness (QED) is 0.188. The van der Waals surface area contributed by atoms with E-state index < -0.39 is 11.7 Å². The van der Waals surface area contributed by atoms with Gasteiger partial charge in [0.2, 0.25) is 0 Å². The van der Waals surface area contributed by atoms with Crippen LogP contribution in [-0.2, 0) is 6.61 Å². The molecule has 0 aliphatic heterocycles. The number of nitrogens with zero attached hydrogens (tertiary/aromatic N) is 2. The number of hydrogen-bond donors (Lipinski definition) is 1. The molecule has 0 heterocycles. The number of hydrazone groups is 1. The molecule has 0 spiro atoms. The molecule has 0 aromatic heterocycles. The molecule has 0 radical (unpaired) electrons. The van der Waals surface area contributed by atoms with Gasteiger partial charge in [-0.15, -0.1) is 0 Å². The van der Waals surface area contributed by atoms with E-state index in [1.54, 1.807) is 0 Å². The van der Waals surface area contributed by atoms with Crippen LogP contribution in [0.1, 0.15) is 27.0 Å². The largest absolute Gasteiger partial charge is 0.488 e. The predicted octanol–water partition coefficient (Wildman–Crippen LogP) is 5.80. The molecular weight excluding hydrogens is 532 g/mol. The zero-order valence-corrected chi connectivity index (χ0v) is 19.4. The van der Waals surface area contributed by atoms with E-state index in [1.165, 1.54) is 29.1 Å². The molecule has 0 aliphatic rings. The maximum atomic E-state index is 13.9. The first-order chi connectivity index (χ1) is 16.0. The maximum absolute atomic E-state index is 13.9. The molecule has 0 saturated heterocycles. The van der Waals surface area contributed by atoms with Gasteiger partial charge in [0.25, 0.3) is 5.91 Å². The molecule has 0 fully saturated rings. The lowest BCUT2D eigenvalue weighted by Crippen LogP contribution is -2.19. The third kappa shape index (κ3) is 5.54. The third-order valence-electron chi connectivity index (χ3n) is 4.89. The van der Waals surface area contributed by atoms with Crippen molar-refractivity contribution in [3.05, 3.63) is 111 Å². The van der Waals surface area contributed by atoms with E-state index >= 15 is 0 Å². The molecule has 4 rings (SSSR count). The number of fused-ring (bicyclic) bond motifs is 1. The Morgan fingerprint density at radius 3 is 2.64 bits per heavy atom. The summed E-state index contributed by atoms with van der Waals surface area (Å²) in [6, 6.07) is 25.4. The van der Waals surface area contributed by atoms with Crippen LogP contribution in [0.4, 0.5) is 4.39 Å². The number of rotatable bonds is 6. The number of nitrogens with one attached hydrogen (secondary N) is 1. The van der Waals surface area contributed by atoms with Crippen molar-refractivity contribution in [1.29, 1.82) is 5.26 Å². The summed E-state index contributed by atoms with van der Waals surface area (Å²) >= 11 is 2.18. The molecule has 4 aromatic carbocycles. The number of halogens is 2. The van der Waals surface area contributed by atoms with E-state index in [2.05, 4.69) is 63.4 Å². The standard InChI is InChI=1S/C26H17FIN3O2/c27-23-12-17(14-29)6-9-22(23)26(32)31-30-15-18-7-10-25(24(28)13-18)33-16-19-5-8-20-3-1-2-4-21(20)11-19/h1-13,15H,16H2,(H,31,32)/b30-15-. The van der Waals surface area contributed by atoms with Crippen LogP contribution in [0, 0.1) is 20.7 Å². The van der Waals surface area contributed by atoms with E-state index in [9.17, 15) is 9.18 Å². The minimum atomic E-state index is -0.774. The summed E-state index contributed by atoms with van der Waals surface area (Å²) in [5, 5.41) is 15.0. The summed E-state index contributed by atoms with van der Waals surface area (Å²) in [6.07, 6.45) is 1.47. The highest BCUT2D eigenvalue weighted by atomic mass is 127. The number of benzene rings is 4. The lowest BCUT2D eigenvalue weighted by atomic mass is 10.1. The molecule has 0 unspecified atom stereocenters. The molecule has 0 bridgehead atoms. The average molecular weight is 549 g/mol. The van der Waals surface area contributed by atoms with Gasteiger partial charge in [-0.3, -0.25) is 4.79 Å². The molecule has 33 heavy (non-hydrogen) atoms. The van der Waals surface area contributed by atoms with Crippen molar-refractivity contribution < 1.29 is 13.9 Å². The molecule has 5 nitrogen and oxygen atoms in total. The lowest BCUT2D eigenvalue weighted by molar-refractivity contribution is 0.0951. The summed E-state index contributed by atoms with van der Waals surface area (Å²) in [7, 11) is 0. The van der Waals surface area contributed by atoms with Crippen LogP contribution in [0.25, 0.3) is 10.8 Å². The van der Waals surface area contributed by atoms with E-state index in [4.69, 9.17) is 10.00 Å². The smallest absolute Gasteiger partial charge is 0.274 e. The van der Waals surface area contributed by atoms with Crippen molar-refractivity contribution in [2.75, 3.05) is 0 Å². The van der Waals surface area contributed by atoms with E-state index in [0.29, 0.717) is 6.61 Å². The molecular formula is C26H17FIN3O2. The van der Waals surface area contributed by atoms with E-state index in [-0.39, 0.29) is 11.1 Å². The van der Waals surface area contributed by atoms with Gasteiger partial charge in [-0.1, -0.05) is 36.4 Å². The molecule has 7 heteroatoms. The number of carbonyl (C=O) groups is 1. The van der Waals surface area contributed by atoms with Crippen molar-refractivity contribution in [2.24, 2.45) is 5.10 Å². The summed E-state index contributed by atoms with van der Waals surface area (Å²) < 4.78 is 20.8. The van der Waals surface area contributed by atoms with Gasteiger partial charge in [-0.25, -0.2) is 9.82 Å². The van der Waals surface area contributed by atoms with Gasteiger partial charge in [0.05, 0.1) is 27.0 Å². The molecule has 1 amide bonds. The SMILES string of the molecule is N#Cc1ccc(C(=O)N/N=C\c2ccc(OCc3ccc4ccccc4c3)c(I)c2)c(F)c1. The Morgan fingerprint density at radius 1 is 1.06 bits per heavy atom. The van der Waals surface area contributed by atoms with E-state index in [1.807, 2.05) is 36.4 Å². The van der Waals surface area contributed by atoms with Gasteiger partial charge in [-0.05, 0) is 87.0 Å².